The van der Waals surface area contributed by atoms with Gasteiger partial charge in [0.25, 0.3) is 30.4 Å². The zero-order valence-corrected chi connectivity index (χ0v) is 26.8. The number of benzene rings is 4. The number of aromatic hydroxyl groups is 1. The summed E-state index contributed by atoms with van der Waals surface area (Å²) in [6.45, 7) is 2.30. The molecular weight excluding hydrogens is 699 g/mol. The van der Waals surface area contributed by atoms with Crippen molar-refractivity contribution in [1.82, 2.24) is 0 Å². The number of azo groups is 2. The lowest BCUT2D eigenvalue weighted by Gasteiger charge is -2.12. The van der Waals surface area contributed by atoms with Crippen LogP contribution >= 0.6 is 0 Å². The second-order valence-electron chi connectivity index (χ2n) is 9.72. The fourth-order valence-corrected chi connectivity index (χ4v) is 6.43. The number of nitrogen functional groups attached to an aromatic ring is 1. The van der Waals surface area contributed by atoms with Gasteiger partial charge in [-0.1, -0.05) is 0 Å². The number of phenolic OH excluding ortho intramolecular Hbond substituents is 1. The van der Waals surface area contributed by atoms with Crippen LogP contribution in [0.5, 0.6) is 5.75 Å². The quantitative estimate of drug-likeness (QED) is 0.0706. The van der Waals surface area contributed by atoms with E-state index >= 15 is 0 Å². The highest BCUT2D eigenvalue weighted by molar-refractivity contribution is 7.86. The number of hydrogen-bond donors (Lipinski definition) is 7. The maximum Gasteiger partial charge on any atom is 0.297 e. The molecule has 0 aliphatic heterocycles. The molecule has 0 saturated heterocycles. The molecule has 0 fully saturated rings. The molecule has 0 heterocycles. The van der Waals surface area contributed by atoms with Crippen LogP contribution in [0.1, 0.15) is 13.8 Å². The molecule has 0 spiro atoms. The maximum atomic E-state index is 12.2. The number of anilines is 3. The van der Waals surface area contributed by atoms with Gasteiger partial charge in [-0.3, -0.25) is 23.2 Å². The third kappa shape index (κ3) is 7.93. The summed E-state index contributed by atoms with van der Waals surface area (Å²) in [5, 5.41) is 30.1. The fourth-order valence-electron chi connectivity index (χ4n) is 4.30. The average molecular weight is 722 g/mol. The molecule has 0 bridgehead atoms. The Morgan fingerprint density at radius 2 is 1.10 bits per heavy atom. The molecule has 252 valence electrons. The Kier molecular flexibility index (Phi) is 9.62. The number of fused-ring (bicyclic) bond motifs is 1. The van der Waals surface area contributed by atoms with Gasteiger partial charge < -0.3 is 21.5 Å². The minimum Gasteiger partial charge on any atom is -0.507 e. The van der Waals surface area contributed by atoms with Crippen molar-refractivity contribution in [1.29, 1.82) is 0 Å². The highest BCUT2D eigenvalue weighted by atomic mass is 32.2. The molecule has 8 N–H and O–H groups in total. The molecule has 22 heteroatoms. The van der Waals surface area contributed by atoms with Gasteiger partial charge in [-0.25, -0.2) is 0 Å². The van der Waals surface area contributed by atoms with Crippen LogP contribution in [0.4, 0.5) is 39.8 Å². The van der Waals surface area contributed by atoms with Gasteiger partial charge in [-0.15, -0.1) is 20.5 Å². The van der Waals surface area contributed by atoms with Gasteiger partial charge >= 0.3 is 0 Å². The Hall–Kier alpha value is -5.39. The van der Waals surface area contributed by atoms with Gasteiger partial charge in [-0.05, 0) is 48.5 Å². The summed E-state index contributed by atoms with van der Waals surface area (Å²) in [4.78, 5) is 20.3. The summed E-state index contributed by atoms with van der Waals surface area (Å²) in [6.07, 6.45) is 0. The van der Waals surface area contributed by atoms with Crippen LogP contribution in [0.2, 0.25) is 0 Å². The van der Waals surface area contributed by atoms with Gasteiger partial charge in [-0.2, -0.15) is 25.3 Å². The highest BCUT2D eigenvalue weighted by Crippen LogP contribution is 2.46. The van der Waals surface area contributed by atoms with E-state index in [1.54, 1.807) is 0 Å². The number of hydrogen-bond acceptors (Lipinski definition) is 14. The Bertz CT molecular complexity index is 2410. The van der Waals surface area contributed by atoms with Crippen molar-refractivity contribution in [2.45, 2.75) is 28.5 Å². The Balaban J connectivity index is 2.02. The van der Waals surface area contributed by atoms with E-state index in [0.717, 1.165) is 56.3 Å². The largest absolute Gasteiger partial charge is 0.507 e. The van der Waals surface area contributed by atoms with Gasteiger partial charge in [0.2, 0.25) is 11.8 Å². The fraction of sp³-hybridized carbons (Fsp3) is 0.0769. The minimum atomic E-state index is -5.09. The van der Waals surface area contributed by atoms with E-state index in [1.165, 1.54) is 12.1 Å². The molecule has 48 heavy (non-hydrogen) atoms. The molecule has 0 atom stereocenters. The van der Waals surface area contributed by atoms with Crippen molar-refractivity contribution >= 4 is 92.8 Å². The highest BCUT2D eigenvalue weighted by Gasteiger charge is 2.25. The molecule has 0 unspecified atom stereocenters. The van der Waals surface area contributed by atoms with Crippen LogP contribution in [0.15, 0.2) is 89.7 Å². The van der Waals surface area contributed by atoms with Crippen LogP contribution in [0.3, 0.4) is 0 Å². The number of nitrogens with zero attached hydrogens (tertiary/aromatic N) is 4. The molecule has 0 radical (unpaired) electrons. The first kappa shape index (κ1) is 35.5. The summed E-state index contributed by atoms with van der Waals surface area (Å²) in [5.41, 5.74) is 3.33. The SMILES string of the molecule is CC(=O)Nc1ccc(N=Nc2cc(O)c3c(S(=O)(=O)O)c(N)ccc3c2N=Nc2ccc(NC(C)=O)cc2S(=O)(=O)O)c(S(=O)(=O)O)c1. The smallest absolute Gasteiger partial charge is 0.297 e. The topological polar surface area (TPSA) is 317 Å². The molecule has 2 amide bonds. The number of rotatable bonds is 9. The van der Waals surface area contributed by atoms with Crippen molar-refractivity contribution in [3.63, 3.8) is 0 Å². The Morgan fingerprint density at radius 1 is 0.646 bits per heavy atom. The van der Waals surface area contributed by atoms with Crippen molar-refractivity contribution in [3.8, 4) is 5.75 Å². The summed E-state index contributed by atoms with van der Waals surface area (Å²) in [7, 11) is -15.0. The Morgan fingerprint density at radius 3 is 1.54 bits per heavy atom. The first-order valence-electron chi connectivity index (χ1n) is 12.8. The van der Waals surface area contributed by atoms with E-state index in [0.29, 0.717) is 0 Å². The van der Waals surface area contributed by atoms with Crippen LogP contribution in [-0.4, -0.2) is 55.8 Å². The number of carbonyl (C=O) groups excluding carboxylic acids is 2. The van der Waals surface area contributed by atoms with Crippen molar-refractivity contribution in [2.75, 3.05) is 16.4 Å². The summed E-state index contributed by atoms with van der Waals surface area (Å²) < 4.78 is 102. The van der Waals surface area contributed by atoms with Gasteiger partial charge in [0.1, 0.15) is 43.2 Å². The normalized spacial score (nSPS) is 12.5. The van der Waals surface area contributed by atoms with E-state index < -0.39 is 96.4 Å². The van der Waals surface area contributed by atoms with Crippen molar-refractivity contribution < 1.29 is 53.6 Å². The molecule has 4 rings (SSSR count). The van der Waals surface area contributed by atoms with E-state index in [1.807, 2.05) is 0 Å². The first-order chi connectivity index (χ1) is 22.2. The molecule has 4 aromatic carbocycles. The Labute approximate surface area is 271 Å². The van der Waals surface area contributed by atoms with Crippen LogP contribution in [-0.2, 0) is 39.9 Å². The van der Waals surface area contributed by atoms with E-state index in [4.69, 9.17) is 5.73 Å². The number of phenols is 1. The number of amides is 2. The predicted molar refractivity (Wildman–Crippen MR) is 169 cm³/mol. The second-order valence-corrected chi connectivity index (χ2v) is 13.9. The number of carbonyl (C=O) groups is 2. The number of nitrogens with one attached hydrogen (secondary N) is 2. The van der Waals surface area contributed by atoms with Crippen molar-refractivity contribution in [3.05, 3.63) is 54.6 Å². The maximum absolute atomic E-state index is 12.2. The minimum absolute atomic E-state index is 0.0265. The average Bonchev–Trinajstić information content (AvgIpc) is 2.94. The lowest BCUT2D eigenvalue weighted by molar-refractivity contribution is -0.115. The zero-order valence-electron chi connectivity index (χ0n) is 24.3. The van der Waals surface area contributed by atoms with Gasteiger partial charge in [0.05, 0.1) is 5.69 Å². The molecule has 0 saturated carbocycles. The summed E-state index contributed by atoms with van der Waals surface area (Å²) >= 11 is 0. The standard InChI is InChI=1S/C26H23N7O12S3/c1-12(34)28-14-3-7-18(22(9-14)46(37,38)39)30-32-20-11-21(36)24-16(5-6-17(27)26(24)48(43,44)45)25(20)33-31-19-8-4-15(29-13(2)35)10-23(19)47(40,41)42/h3-11,36H,27H2,1-2H3,(H,28,34)(H,29,35)(H,37,38,39)(H,40,41,42)(H,43,44,45). The van der Waals surface area contributed by atoms with Crippen LogP contribution in [0, 0.1) is 0 Å². The molecule has 19 nitrogen and oxygen atoms in total. The van der Waals surface area contributed by atoms with Gasteiger partial charge in [0, 0.05) is 42.1 Å². The predicted octanol–water partition coefficient (Wildman–Crippen LogP) is 4.62. The van der Waals surface area contributed by atoms with Crippen LogP contribution < -0.4 is 16.4 Å². The molecule has 0 aliphatic carbocycles. The zero-order chi connectivity index (χ0) is 35.8. The summed E-state index contributed by atoms with van der Waals surface area (Å²) in [5.74, 6) is -1.96. The lowest BCUT2D eigenvalue weighted by Crippen LogP contribution is -2.07. The molecule has 4 aromatic rings. The summed E-state index contributed by atoms with van der Waals surface area (Å²) in [6, 6.07) is 9.27. The third-order valence-electron chi connectivity index (χ3n) is 6.11. The monoisotopic (exact) mass is 721 g/mol. The first-order valence-corrected chi connectivity index (χ1v) is 17.2. The third-order valence-corrected chi connectivity index (χ3v) is 8.83. The lowest BCUT2D eigenvalue weighted by atomic mass is 10.1. The van der Waals surface area contributed by atoms with Crippen LogP contribution in [0.25, 0.3) is 10.8 Å². The van der Waals surface area contributed by atoms with Crippen molar-refractivity contribution in [2.24, 2.45) is 20.5 Å². The van der Waals surface area contributed by atoms with E-state index in [-0.39, 0.29) is 16.8 Å². The second kappa shape index (κ2) is 13.0. The van der Waals surface area contributed by atoms with E-state index in [2.05, 4.69) is 31.1 Å². The van der Waals surface area contributed by atoms with Gasteiger partial charge in [0.15, 0.2) is 0 Å². The molecule has 0 aliphatic rings. The number of nitrogens with two attached hydrogens (primary N) is 1. The molecule has 0 aromatic heterocycles. The molecular formula is C26H23N7O12S3. The van der Waals surface area contributed by atoms with E-state index in [9.17, 15) is 53.6 Å².